The average molecular weight is 252 g/mol. The molecule has 0 aliphatic carbocycles. The summed E-state index contributed by atoms with van der Waals surface area (Å²) in [6.45, 7) is 4.00. The second-order valence-corrected chi connectivity index (χ2v) is 4.21. The Hall–Kier alpha value is -1.49. The highest BCUT2D eigenvalue weighted by Gasteiger charge is 2.12. The van der Waals surface area contributed by atoms with Gasteiger partial charge in [-0.1, -0.05) is 13.0 Å². The fraction of sp³-hybridized carbons (Fsp3) is 0.417. The highest BCUT2D eigenvalue weighted by Crippen LogP contribution is 2.32. The molecule has 0 fully saturated rings. The van der Waals surface area contributed by atoms with Crippen molar-refractivity contribution >= 4 is 17.3 Å². The molecule has 1 aliphatic heterocycles. The van der Waals surface area contributed by atoms with Gasteiger partial charge in [0.25, 0.3) is 0 Å². The number of thiocarbonyl (C=S) groups is 1. The van der Waals surface area contributed by atoms with Crippen LogP contribution in [0, 0.1) is 0 Å². The number of rotatable bonds is 4. The predicted molar refractivity (Wildman–Crippen MR) is 70.3 cm³/mol. The zero-order valence-corrected chi connectivity index (χ0v) is 10.6. The molecule has 0 amide bonds. The van der Waals surface area contributed by atoms with Gasteiger partial charge in [-0.3, -0.25) is 0 Å². The van der Waals surface area contributed by atoms with Crippen LogP contribution < -0.4 is 20.1 Å². The van der Waals surface area contributed by atoms with Gasteiger partial charge in [0.2, 0.25) is 6.79 Å². The van der Waals surface area contributed by atoms with Crippen LogP contribution in [0.5, 0.6) is 11.5 Å². The highest BCUT2D eigenvalue weighted by molar-refractivity contribution is 7.80. The van der Waals surface area contributed by atoms with Crippen molar-refractivity contribution in [2.24, 2.45) is 0 Å². The first-order valence-corrected chi connectivity index (χ1v) is 6.10. The predicted octanol–water partition coefficient (Wildman–Crippen LogP) is 1.79. The fourth-order valence-corrected chi connectivity index (χ4v) is 1.71. The Kier molecular flexibility index (Phi) is 4.03. The number of fused-ring (bicyclic) bond motifs is 1. The van der Waals surface area contributed by atoms with E-state index in [0.717, 1.165) is 30.0 Å². The summed E-state index contributed by atoms with van der Waals surface area (Å²) >= 11 is 5.14. The van der Waals surface area contributed by atoms with E-state index in [4.69, 9.17) is 21.7 Å². The number of hydrogen-bond acceptors (Lipinski definition) is 3. The van der Waals surface area contributed by atoms with Crippen molar-refractivity contribution < 1.29 is 9.47 Å². The standard InChI is InChI=1S/C12H16N2O2S/c1-2-5-13-12(17)14-7-9-3-4-10-11(6-9)16-8-15-10/h3-4,6H,2,5,7-8H2,1H3,(H2,13,14,17). The van der Waals surface area contributed by atoms with Crippen molar-refractivity contribution in [1.29, 1.82) is 0 Å². The Morgan fingerprint density at radius 1 is 1.29 bits per heavy atom. The Morgan fingerprint density at radius 2 is 2.12 bits per heavy atom. The highest BCUT2D eigenvalue weighted by atomic mass is 32.1. The molecule has 4 nitrogen and oxygen atoms in total. The van der Waals surface area contributed by atoms with E-state index in [1.807, 2.05) is 18.2 Å². The Labute approximate surface area is 106 Å². The van der Waals surface area contributed by atoms with Gasteiger partial charge in [0.05, 0.1) is 0 Å². The van der Waals surface area contributed by atoms with E-state index in [2.05, 4.69) is 17.6 Å². The zero-order chi connectivity index (χ0) is 12.1. The van der Waals surface area contributed by atoms with Gasteiger partial charge in [0.15, 0.2) is 16.6 Å². The van der Waals surface area contributed by atoms with Crippen molar-refractivity contribution in [1.82, 2.24) is 10.6 Å². The first kappa shape index (κ1) is 12.0. The maximum absolute atomic E-state index is 5.31. The summed E-state index contributed by atoms with van der Waals surface area (Å²) in [5.41, 5.74) is 1.12. The minimum Gasteiger partial charge on any atom is -0.454 e. The molecule has 0 radical (unpaired) electrons. The van der Waals surface area contributed by atoms with E-state index in [1.54, 1.807) is 0 Å². The van der Waals surface area contributed by atoms with Crippen molar-refractivity contribution in [3.63, 3.8) is 0 Å². The largest absolute Gasteiger partial charge is 0.454 e. The maximum Gasteiger partial charge on any atom is 0.231 e. The Morgan fingerprint density at radius 3 is 2.94 bits per heavy atom. The lowest BCUT2D eigenvalue weighted by Crippen LogP contribution is -2.35. The molecule has 2 rings (SSSR count). The summed E-state index contributed by atoms with van der Waals surface area (Å²) in [4.78, 5) is 0. The second-order valence-electron chi connectivity index (χ2n) is 3.80. The van der Waals surface area contributed by atoms with E-state index in [1.165, 1.54) is 0 Å². The molecule has 1 heterocycles. The molecule has 1 aromatic rings. The van der Waals surface area contributed by atoms with Gasteiger partial charge < -0.3 is 20.1 Å². The molecule has 1 aliphatic rings. The molecule has 0 spiro atoms. The third kappa shape index (κ3) is 3.23. The van der Waals surface area contributed by atoms with Crippen LogP contribution in [0.4, 0.5) is 0 Å². The number of ether oxygens (including phenoxy) is 2. The van der Waals surface area contributed by atoms with Crippen LogP contribution in [0.1, 0.15) is 18.9 Å². The van der Waals surface area contributed by atoms with Crippen LogP contribution in [0.2, 0.25) is 0 Å². The Bertz CT molecular complexity index is 409. The first-order chi connectivity index (χ1) is 8.29. The van der Waals surface area contributed by atoms with Crippen LogP contribution >= 0.6 is 12.2 Å². The van der Waals surface area contributed by atoms with Crippen LogP contribution in [0.25, 0.3) is 0 Å². The lowest BCUT2D eigenvalue weighted by atomic mass is 10.2. The molecule has 0 aromatic heterocycles. The van der Waals surface area contributed by atoms with Gasteiger partial charge in [-0.15, -0.1) is 0 Å². The summed E-state index contributed by atoms with van der Waals surface area (Å²) in [5, 5.41) is 6.95. The molecule has 0 saturated heterocycles. The first-order valence-electron chi connectivity index (χ1n) is 5.70. The SMILES string of the molecule is CCCNC(=S)NCc1ccc2c(c1)OCO2. The van der Waals surface area contributed by atoms with Crippen molar-refractivity contribution in [2.75, 3.05) is 13.3 Å². The zero-order valence-electron chi connectivity index (χ0n) is 9.79. The molecule has 1 aromatic carbocycles. The number of benzene rings is 1. The smallest absolute Gasteiger partial charge is 0.231 e. The summed E-state index contributed by atoms with van der Waals surface area (Å²) < 4.78 is 10.6. The lowest BCUT2D eigenvalue weighted by molar-refractivity contribution is 0.174. The minimum absolute atomic E-state index is 0.308. The van der Waals surface area contributed by atoms with Gasteiger partial charge in [0, 0.05) is 13.1 Å². The molecule has 0 atom stereocenters. The number of nitrogens with one attached hydrogen (secondary N) is 2. The summed E-state index contributed by atoms with van der Waals surface area (Å²) in [6.07, 6.45) is 1.06. The molecule has 17 heavy (non-hydrogen) atoms. The second kappa shape index (κ2) is 5.72. The van der Waals surface area contributed by atoms with Gasteiger partial charge in [-0.2, -0.15) is 0 Å². The molecular formula is C12H16N2O2S. The van der Waals surface area contributed by atoms with Crippen LogP contribution in [0.15, 0.2) is 18.2 Å². The average Bonchev–Trinajstić information content (AvgIpc) is 2.81. The maximum atomic E-state index is 5.31. The van der Waals surface area contributed by atoms with Crippen LogP contribution in [-0.4, -0.2) is 18.5 Å². The fourth-order valence-electron chi connectivity index (χ4n) is 1.53. The molecule has 0 saturated carbocycles. The van der Waals surface area contributed by atoms with E-state index >= 15 is 0 Å². The van der Waals surface area contributed by atoms with Gasteiger partial charge in [-0.25, -0.2) is 0 Å². The molecule has 0 bridgehead atoms. The normalized spacial score (nSPS) is 12.3. The van der Waals surface area contributed by atoms with Gasteiger partial charge in [-0.05, 0) is 36.3 Å². The molecule has 2 N–H and O–H groups in total. The summed E-state index contributed by atoms with van der Waals surface area (Å²) in [7, 11) is 0. The topological polar surface area (TPSA) is 42.5 Å². The molecule has 5 heteroatoms. The summed E-state index contributed by atoms with van der Waals surface area (Å²) in [6, 6.07) is 5.89. The van der Waals surface area contributed by atoms with Crippen molar-refractivity contribution in [2.45, 2.75) is 19.9 Å². The minimum atomic E-state index is 0.308. The molecule has 92 valence electrons. The van der Waals surface area contributed by atoms with Crippen molar-refractivity contribution in [3.05, 3.63) is 23.8 Å². The third-order valence-electron chi connectivity index (χ3n) is 2.43. The van der Waals surface area contributed by atoms with E-state index in [9.17, 15) is 0 Å². The van der Waals surface area contributed by atoms with Crippen molar-refractivity contribution in [3.8, 4) is 11.5 Å². The quantitative estimate of drug-likeness (QED) is 0.800. The molecular weight excluding hydrogens is 236 g/mol. The molecule has 0 unspecified atom stereocenters. The summed E-state index contributed by atoms with van der Waals surface area (Å²) in [5.74, 6) is 1.61. The van der Waals surface area contributed by atoms with E-state index in [0.29, 0.717) is 18.5 Å². The Balaban J connectivity index is 1.85. The third-order valence-corrected chi connectivity index (χ3v) is 2.71. The van der Waals surface area contributed by atoms with E-state index in [-0.39, 0.29) is 0 Å². The van der Waals surface area contributed by atoms with Gasteiger partial charge >= 0.3 is 0 Å². The van der Waals surface area contributed by atoms with Gasteiger partial charge in [0.1, 0.15) is 0 Å². The number of hydrogen-bond donors (Lipinski definition) is 2. The van der Waals surface area contributed by atoms with E-state index < -0.39 is 0 Å². The van der Waals surface area contributed by atoms with Crippen LogP contribution in [0.3, 0.4) is 0 Å². The lowest BCUT2D eigenvalue weighted by Gasteiger charge is -2.09. The van der Waals surface area contributed by atoms with Crippen LogP contribution in [-0.2, 0) is 6.54 Å². The monoisotopic (exact) mass is 252 g/mol.